The number of urea groups is 1. The second-order valence-electron chi connectivity index (χ2n) is 7.61. The third kappa shape index (κ3) is 6.78. The molecule has 1 aromatic rings. The van der Waals surface area contributed by atoms with Gasteiger partial charge in [-0.25, -0.2) is 9.18 Å². The van der Waals surface area contributed by atoms with Gasteiger partial charge in [-0.2, -0.15) is 0 Å². The molecule has 0 radical (unpaired) electrons. The van der Waals surface area contributed by atoms with Crippen molar-refractivity contribution in [3.8, 4) is 0 Å². The van der Waals surface area contributed by atoms with Gasteiger partial charge in [0.25, 0.3) is 0 Å². The largest absolute Gasteiger partial charge is 0.378 e. The van der Waals surface area contributed by atoms with E-state index in [1.54, 1.807) is 12.1 Å². The van der Waals surface area contributed by atoms with Crippen LogP contribution in [0.5, 0.6) is 0 Å². The van der Waals surface area contributed by atoms with Crippen LogP contribution in [-0.4, -0.2) is 61.3 Å². The van der Waals surface area contributed by atoms with E-state index in [0.29, 0.717) is 6.10 Å². The zero-order valence-corrected chi connectivity index (χ0v) is 16.2. The Labute approximate surface area is 161 Å². The Morgan fingerprint density at radius 2 is 2.11 bits per heavy atom. The number of benzene rings is 1. The average molecular weight is 378 g/mol. The van der Waals surface area contributed by atoms with Gasteiger partial charge < -0.3 is 15.0 Å². The first-order valence-electron chi connectivity index (χ1n) is 10.3. The fourth-order valence-corrected chi connectivity index (χ4v) is 3.90. The second-order valence-corrected chi connectivity index (χ2v) is 7.61. The highest BCUT2D eigenvalue weighted by molar-refractivity contribution is 5.74. The van der Waals surface area contributed by atoms with Gasteiger partial charge in [-0.05, 0) is 56.2 Å². The van der Waals surface area contributed by atoms with Crippen molar-refractivity contribution < 1.29 is 13.9 Å². The normalized spacial score (nSPS) is 21.2. The van der Waals surface area contributed by atoms with E-state index in [9.17, 15) is 9.18 Å². The van der Waals surface area contributed by atoms with Crippen LogP contribution in [0.3, 0.4) is 0 Å². The van der Waals surface area contributed by atoms with Crippen LogP contribution < -0.4 is 5.32 Å². The van der Waals surface area contributed by atoms with Crippen molar-refractivity contribution in [3.63, 3.8) is 0 Å². The molecule has 3 rings (SSSR count). The monoisotopic (exact) mass is 377 g/mol. The predicted octanol–water partition coefficient (Wildman–Crippen LogP) is 3.39. The summed E-state index contributed by atoms with van der Waals surface area (Å²) in [6.07, 6.45) is 6.97. The summed E-state index contributed by atoms with van der Waals surface area (Å²) in [7, 11) is 0. The lowest BCUT2D eigenvalue weighted by Crippen LogP contribution is -2.42. The molecular weight excluding hydrogens is 345 g/mol. The van der Waals surface area contributed by atoms with Crippen LogP contribution >= 0.6 is 0 Å². The van der Waals surface area contributed by atoms with Crippen molar-refractivity contribution in [1.82, 2.24) is 15.1 Å². The quantitative estimate of drug-likeness (QED) is 0.741. The zero-order valence-electron chi connectivity index (χ0n) is 16.2. The number of amides is 2. The van der Waals surface area contributed by atoms with Crippen LogP contribution in [0.2, 0.25) is 0 Å². The third-order valence-corrected chi connectivity index (χ3v) is 5.42. The summed E-state index contributed by atoms with van der Waals surface area (Å²) in [4.78, 5) is 16.6. The molecule has 2 amide bonds. The van der Waals surface area contributed by atoms with Crippen LogP contribution in [0.4, 0.5) is 9.18 Å². The molecule has 1 aromatic carbocycles. The van der Waals surface area contributed by atoms with Crippen molar-refractivity contribution >= 4 is 6.03 Å². The van der Waals surface area contributed by atoms with E-state index in [-0.39, 0.29) is 11.8 Å². The number of hydrogen-bond donors (Lipinski definition) is 1. The molecule has 2 fully saturated rings. The minimum Gasteiger partial charge on any atom is -0.378 e. The SMILES string of the molecule is O=C(NCCCCC1CCCO1)N1CCCN(Cc2cccc(F)c2)CC1. The molecule has 2 aliphatic heterocycles. The fraction of sp³-hybridized carbons (Fsp3) is 0.667. The molecule has 1 atom stereocenters. The van der Waals surface area contributed by atoms with Crippen molar-refractivity contribution in [2.45, 2.75) is 51.2 Å². The number of hydrogen-bond acceptors (Lipinski definition) is 3. The molecule has 0 saturated carbocycles. The molecule has 2 saturated heterocycles. The maximum absolute atomic E-state index is 13.3. The Morgan fingerprint density at radius 1 is 1.19 bits per heavy atom. The summed E-state index contributed by atoms with van der Waals surface area (Å²) in [5.74, 6) is -0.192. The van der Waals surface area contributed by atoms with Crippen molar-refractivity contribution in [2.24, 2.45) is 0 Å². The molecule has 0 aliphatic carbocycles. The molecule has 1 unspecified atom stereocenters. The van der Waals surface area contributed by atoms with Gasteiger partial charge in [-0.15, -0.1) is 0 Å². The van der Waals surface area contributed by atoms with Gasteiger partial charge in [0.1, 0.15) is 5.82 Å². The smallest absolute Gasteiger partial charge is 0.317 e. The summed E-state index contributed by atoms with van der Waals surface area (Å²) in [6, 6.07) is 6.81. The number of ether oxygens (including phenoxy) is 1. The molecular formula is C21H32FN3O2. The van der Waals surface area contributed by atoms with Crippen molar-refractivity contribution in [3.05, 3.63) is 35.6 Å². The van der Waals surface area contributed by atoms with E-state index in [1.807, 2.05) is 11.0 Å². The van der Waals surface area contributed by atoms with Crippen molar-refractivity contribution in [1.29, 1.82) is 0 Å². The van der Waals surface area contributed by atoms with E-state index >= 15 is 0 Å². The standard InChI is InChI=1S/C21H32FN3O2/c22-19-7-3-6-18(16-19)17-24-11-5-12-25(14-13-24)21(26)23-10-2-1-8-20-9-4-15-27-20/h3,6-7,16,20H,1-2,4-5,8-15,17H2,(H,23,26). The van der Waals surface area contributed by atoms with Crippen LogP contribution in [0.15, 0.2) is 24.3 Å². The molecule has 0 bridgehead atoms. The lowest BCUT2D eigenvalue weighted by atomic mass is 10.1. The van der Waals surface area contributed by atoms with Gasteiger partial charge in [0.15, 0.2) is 0 Å². The Balaban J connectivity index is 1.32. The zero-order chi connectivity index (χ0) is 18.9. The summed E-state index contributed by atoms with van der Waals surface area (Å²) < 4.78 is 19.0. The number of carbonyl (C=O) groups excluding carboxylic acids is 1. The molecule has 5 nitrogen and oxygen atoms in total. The molecule has 0 aromatic heterocycles. The van der Waals surface area contributed by atoms with E-state index in [0.717, 1.165) is 77.1 Å². The number of halogens is 1. The summed E-state index contributed by atoms with van der Waals surface area (Å²) in [6.45, 7) is 5.63. The van der Waals surface area contributed by atoms with Crippen LogP contribution in [-0.2, 0) is 11.3 Å². The third-order valence-electron chi connectivity index (χ3n) is 5.42. The number of rotatable bonds is 7. The highest BCUT2D eigenvalue weighted by atomic mass is 19.1. The second kappa shape index (κ2) is 10.6. The maximum atomic E-state index is 13.3. The summed E-state index contributed by atoms with van der Waals surface area (Å²) >= 11 is 0. The van der Waals surface area contributed by atoms with Gasteiger partial charge in [0.2, 0.25) is 0 Å². The first-order chi connectivity index (χ1) is 13.2. The van der Waals surface area contributed by atoms with E-state index in [1.165, 1.54) is 18.9 Å². The van der Waals surface area contributed by atoms with Crippen molar-refractivity contribution in [2.75, 3.05) is 39.3 Å². The lowest BCUT2D eigenvalue weighted by molar-refractivity contribution is 0.102. The Hall–Kier alpha value is -1.66. The predicted molar refractivity (Wildman–Crippen MR) is 104 cm³/mol. The Kier molecular flexibility index (Phi) is 7.90. The van der Waals surface area contributed by atoms with Gasteiger partial charge in [0.05, 0.1) is 6.10 Å². The molecule has 27 heavy (non-hydrogen) atoms. The molecule has 0 spiro atoms. The van der Waals surface area contributed by atoms with Crippen LogP contribution in [0.1, 0.15) is 44.1 Å². The van der Waals surface area contributed by atoms with E-state index < -0.39 is 0 Å². The maximum Gasteiger partial charge on any atom is 0.317 e. The number of nitrogens with one attached hydrogen (secondary N) is 1. The number of nitrogens with zero attached hydrogens (tertiary/aromatic N) is 2. The molecule has 1 N–H and O–H groups in total. The minimum atomic E-state index is -0.192. The average Bonchev–Trinajstić information content (AvgIpc) is 3.06. The Morgan fingerprint density at radius 3 is 2.93 bits per heavy atom. The van der Waals surface area contributed by atoms with E-state index in [4.69, 9.17) is 4.74 Å². The Bertz CT molecular complexity index is 593. The first kappa shape index (κ1) is 20.1. The molecule has 6 heteroatoms. The van der Waals surface area contributed by atoms with Gasteiger partial charge >= 0.3 is 6.03 Å². The highest BCUT2D eigenvalue weighted by Gasteiger charge is 2.19. The summed E-state index contributed by atoms with van der Waals surface area (Å²) in [5.41, 5.74) is 0.985. The lowest BCUT2D eigenvalue weighted by Gasteiger charge is -2.22. The minimum absolute atomic E-state index is 0.0414. The van der Waals surface area contributed by atoms with Crippen LogP contribution in [0.25, 0.3) is 0 Å². The first-order valence-corrected chi connectivity index (χ1v) is 10.3. The fourth-order valence-electron chi connectivity index (χ4n) is 3.90. The van der Waals surface area contributed by atoms with Gasteiger partial charge in [0, 0.05) is 45.9 Å². The number of unbranched alkanes of at least 4 members (excludes halogenated alkanes) is 1. The molecule has 2 heterocycles. The summed E-state index contributed by atoms with van der Waals surface area (Å²) in [5, 5.41) is 3.06. The topological polar surface area (TPSA) is 44.8 Å². The van der Waals surface area contributed by atoms with Gasteiger partial charge in [-0.3, -0.25) is 4.90 Å². The molecule has 150 valence electrons. The highest BCUT2D eigenvalue weighted by Crippen LogP contribution is 2.17. The molecule has 2 aliphatic rings. The van der Waals surface area contributed by atoms with Gasteiger partial charge in [-0.1, -0.05) is 12.1 Å². The van der Waals surface area contributed by atoms with E-state index in [2.05, 4.69) is 10.2 Å². The number of carbonyl (C=O) groups is 1. The van der Waals surface area contributed by atoms with Crippen LogP contribution in [0, 0.1) is 5.82 Å².